The summed E-state index contributed by atoms with van der Waals surface area (Å²) in [4.78, 5) is 22.4. The van der Waals surface area contributed by atoms with E-state index in [2.05, 4.69) is 10.3 Å². The Kier molecular flexibility index (Phi) is 8.92. The number of carbonyl (C=O) groups excluding carboxylic acids is 1. The lowest BCUT2D eigenvalue weighted by Gasteiger charge is -2.12. The molecule has 0 aliphatic carbocycles. The Morgan fingerprint density at radius 3 is 2.34 bits per heavy atom. The summed E-state index contributed by atoms with van der Waals surface area (Å²) in [6, 6.07) is 12.1. The molecule has 154 valence electrons. The van der Waals surface area contributed by atoms with Crippen LogP contribution in [0.1, 0.15) is 16.7 Å². The minimum absolute atomic E-state index is 0.0183. The molecule has 0 unspecified atom stereocenters. The van der Waals surface area contributed by atoms with Crippen LogP contribution in [-0.4, -0.2) is 45.3 Å². The summed E-state index contributed by atoms with van der Waals surface area (Å²) in [6.45, 7) is 0.213. The highest BCUT2D eigenvalue weighted by molar-refractivity contribution is 6.44. The molecule has 0 atom stereocenters. The normalized spacial score (nSPS) is 11.9. The number of halogens is 2. The van der Waals surface area contributed by atoms with Crippen LogP contribution in [0.25, 0.3) is 0 Å². The molecule has 0 aromatic heterocycles. The number of hydrogen-bond acceptors (Lipinski definition) is 7. The fraction of sp³-hybridized carbons (Fsp3) is 0.250. The van der Waals surface area contributed by atoms with Crippen molar-refractivity contribution < 1.29 is 23.9 Å². The Hall–Kier alpha value is -2.61. The molecule has 0 bridgehead atoms. The van der Waals surface area contributed by atoms with Crippen LogP contribution < -0.4 is 0 Å². The van der Waals surface area contributed by atoms with Crippen LogP contribution >= 0.6 is 23.2 Å². The van der Waals surface area contributed by atoms with Crippen LogP contribution in [0.4, 0.5) is 0 Å². The largest absolute Gasteiger partial charge is 0.464 e. The topological polar surface area (TPSA) is 78.7 Å². The highest BCUT2D eigenvalue weighted by Gasteiger charge is 2.21. The maximum atomic E-state index is 12.1. The van der Waals surface area contributed by atoms with Gasteiger partial charge in [0.15, 0.2) is 5.71 Å². The van der Waals surface area contributed by atoms with Crippen molar-refractivity contribution in [3.8, 4) is 0 Å². The molecule has 2 rings (SSSR count). The van der Waals surface area contributed by atoms with Crippen LogP contribution in [0.2, 0.25) is 10.0 Å². The first-order valence-corrected chi connectivity index (χ1v) is 9.18. The Bertz CT molecular complexity index is 898. The standard InChI is InChI=1S/C20H20Cl2N2O5/c1-26-12-18(13-7-9-14(21)10-8-13)23-29-11-16-15(5-4-6-17(16)22)19(24-28-3)20(25)27-2/h4-10H,11-12H2,1-3H3/b23-18+,24-19+. The number of rotatable bonds is 9. The predicted molar refractivity (Wildman–Crippen MR) is 112 cm³/mol. The molecule has 0 spiro atoms. The molecule has 0 saturated heterocycles. The van der Waals surface area contributed by atoms with Gasteiger partial charge < -0.3 is 19.1 Å². The lowest BCUT2D eigenvalue weighted by Crippen LogP contribution is -2.19. The molecule has 0 amide bonds. The van der Waals surface area contributed by atoms with E-state index in [1.54, 1.807) is 37.4 Å². The number of carbonyl (C=O) groups is 1. The fourth-order valence-corrected chi connectivity index (χ4v) is 2.78. The van der Waals surface area contributed by atoms with Crippen molar-refractivity contribution in [2.24, 2.45) is 10.3 Å². The zero-order valence-electron chi connectivity index (χ0n) is 16.1. The number of oxime groups is 2. The zero-order chi connectivity index (χ0) is 21.2. The number of nitrogens with zero attached hydrogens (tertiary/aromatic N) is 2. The van der Waals surface area contributed by atoms with Gasteiger partial charge in [-0.3, -0.25) is 0 Å². The fourth-order valence-electron chi connectivity index (χ4n) is 2.43. The van der Waals surface area contributed by atoms with Gasteiger partial charge in [-0.1, -0.05) is 57.8 Å². The van der Waals surface area contributed by atoms with Crippen LogP contribution in [0.5, 0.6) is 0 Å². The molecule has 0 heterocycles. The summed E-state index contributed by atoms with van der Waals surface area (Å²) in [7, 11) is 4.14. The lowest BCUT2D eigenvalue weighted by atomic mass is 10.0. The van der Waals surface area contributed by atoms with E-state index in [0.29, 0.717) is 26.9 Å². The van der Waals surface area contributed by atoms with E-state index in [1.165, 1.54) is 14.2 Å². The van der Waals surface area contributed by atoms with Crippen molar-refractivity contribution in [3.05, 3.63) is 69.2 Å². The minimum atomic E-state index is -0.667. The van der Waals surface area contributed by atoms with Gasteiger partial charge in [0, 0.05) is 33.8 Å². The lowest BCUT2D eigenvalue weighted by molar-refractivity contribution is -0.132. The molecule has 0 saturated carbocycles. The SMILES string of the molecule is COC/C(=N\OCc1c(Cl)cccc1/C(=N\OC)C(=O)OC)c1ccc(Cl)cc1. The first-order valence-electron chi connectivity index (χ1n) is 8.42. The molecule has 0 aliphatic heterocycles. The van der Waals surface area contributed by atoms with E-state index >= 15 is 0 Å². The molecular weight excluding hydrogens is 419 g/mol. The van der Waals surface area contributed by atoms with E-state index in [1.807, 2.05) is 12.1 Å². The van der Waals surface area contributed by atoms with Gasteiger partial charge in [0.1, 0.15) is 19.4 Å². The van der Waals surface area contributed by atoms with Gasteiger partial charge in [-0.25, -0.2) is 4.79 Å². The van der Waals surface area contributed by atoms with E-state index in [9.17, 15) is 4.79 Å². The Morgan fingerprint density at radius 1 is 1.00 bits per heavy atom. The molecule has 0 radical (unpaired) electrons. The molecule has 9 heteroatoms. The van der Waals surface area contributed by atoms with Gasteiger partial charge in [0.25, 0.3) is 0 Å². The molecule has 29 heavy (non-hydrogen) atoms. The maximum absolute atomic E-state index is 12.1. The quantitative estimate of drug-likeness (QED) is 0.334. The second kappa shape index (κ2) is 11.4. The third kappa shape index (κ3) is 6.19. The third-order valence-electron chi connectivity index (χ3n) is 3.78. The van der Waals surface area contributed by atoms with Gasteiger partial charge in [0.2, 0.25) is 0 Å². The Morgan fingerprint density at radius 2 is 1.72 bits per heavy atom. The number of benzene rings is 2. The zero-order valence-corrected chi connectivity index (χ0v) is 17.7. The molecular formula is C20H20Cl2N2O5. The van der Waals surface area contributed by atoms with Crippen molar-refractivity contribution in [3.63, 3.8) is 0 Å². The third-order valence-corrected chi connectivity index (χ3v) is 4.38. The van der Waals surface area contributed by atoms with E-state index in [-0.39, 0.29) is 18.9 Å². The molecule has 0 fully saturated rings. The summed E-state index contributed by atoms with van der Waals surface area (Å²) in [5, 5.41) is 8.91. The number of hydrogen-bond donors (Lipinski definition) is 0. The molecule has 0 aliphatic rings. The van der Waals surface area contributed by atoms with Crippen LogP contribution in [-0.2, 0) is 30.6 Å². The minimum Gasteiger partial charge on any atom is -0.464 e. The average molecular weight is 439 g/mol. The van der Waals surface area contributed by atoms with E-state index in [0.717, 1.165) is 5.56 Å². The van der Waals surface area contributed by atoms with Crippen molar-refractivity contribution in [1.29, 1.82) is 0 Å². The highest BCUT2D eigenvalue weighted by atomic mass is 35.5. The van der Waals surface area contributed by atoms with Gasteiger partial charge >= 0.3 is 5.97 Å². The van der Waals surface area contributed by atoms with Crippen molar-refractivity contribution in [2.75, 3.05) is 27.9 Å². The molecule has 2 aromatic carbocycles. The monoisotopic (exact) mass is 438 g/mol. The smallest absolute Gasteiger partial charge is 0.360 e. The number of esters is 1. The average Bonchev–Trinajstić information content (AvgIpc) is 2.72. The van der Waals surface area contributed by atoms with Gasteiger partial charge in [-0.05, 0) is 18.2 Å². The summed E-state index contributed by atoms with van der Waals surface area (Å²) in [6.07, 6.45) is 0. The number of methoxy groups -OCH3 is 2. The van der Waals surface area contributed by atoms with Crippen molar-refractivity contribution >= 4 is 40.6 Å². The van der Waals surface area contributed by atoms with Crippen LogP contribution in [0.3, 0.4) is 0 Å². The summed E-state index contributed by atoms with van der Waals surface area (Å²) >= 11 is 12.2. The van der Waals surface area contributed by atoms with Crippen molar-refractivity contribution in [2.45, 2.75) is 6.61 Å². The summed E-state index contributed by atoms with van der Waals surface area (Å²) in [5.74, 6) is -0.667. The summed E-state index contributed by atoms with van der Waals surface area (Å²) in [5.41, 5.74) is 2.26. The van der Waals surface area contributed by atoms with Crippen molar-refractivity contribution in [1.82, 2.24) is 0 Å². The second-order valence-electron chi connectivity index (χ2n) is 5.63. The Balaban J connectivity index is 2.31. The highest BCUT2D eigenvalue weighted by Crippen LogP contribution is 2.23. The van der Waals surface area contributed by atoms with Crippen LogP contribution in [0.15, 0.2) is 52.8 Å². The maximum Gasteiger partial charge on any atom is 0.360 e. The molecule has 0 N–H and O–H groups in total. The predicted octanol–water partition coefficient (Wildman–Crippen LogP) is 4.08. The van der Waals surface area contributed by atoms with E-state index < -0.39 is 5.97 Å². The van der Waals surface area contributed by atoms with Crippen LogP contribution in [0, 0.1) is 0 Å². The Labute approximate surface area is 178 Å². The first kappa shape index (κ1) is 22.7. The second-order valence-corrected chi connectivity index (χ2v) is 6.47. The molecule has 7 nitrogen and oxygen atoms in total. The van der Waals surface area contributed by atoms with E-state index in [4.69, 9.17) is 42.4 Å². The van der Waals surface area contributed by atoms with Gasteiger partial charge in [-0.2, -0.15) is 0 Å². The molecule has 2 aromatic rings. The first-order chi connectivity index (χ1) is 14.0. The van der Waals surface area contributed by atoms with Gasteiger partial charge in [0.05, 0.1) is 13.7 Å². The number of ether oxygens (including phenoxy) is 2. The van der Waals surface area contributed by atoms with Gasteiger partial charge in [-0.15, -0.1) is 0 Å². The summed E-state index contributed by atoms with van der Waals surface area (Å²) < 4.78 is 9.96.